The number of hydrogen-bond acceptors (Lipinski definition) is 4. The molecule has 1 aliphatic rings. The largest absolute Gasteiger partial charge is 0.463 e. The molecule has 3 N–H and O–H groups in total. The van der Waals surface area contributed by atoms with E-state index in [4.69, 9.17) is 4.42 Å². The summed E-state index contributed by atoms with van der Waals surface area (Å²) in [7, 11) is 0. The first-order valence-electron chi connectivity index (χ1n) is 11.1. The second kappa shape index (κ2) is 10.6. The van der Waals surface area contributed by atoms with Gasteiger partial charge in [0.15, 0.2) is 5.96 Å². The summed E-state index contributed by atoms with van der Waals surface area (Å²) < 4.78 is 5.58. The minimum absolute atomic E-state index is 0.306. The van der Waals surface area contributed by atoms with E-state index < -0.39 is 5.60 Å². The molecule has 6 heteroatoms. The molecule has 1 saturated heterocycles. The number of aliphatic hydroxyl groups is 1. The maximum Gasteiger partial charge on any atom is 0.191 e. The van der Waals surface area contributed by atoms with Crippen LogP contribution in [0.25, 0.3) is 0 Å². The summed E-state index contributed by atoms with van der Waals surface area (Å²) in [4.78, 5) is 7.21. The Morgan fingerprint density at radius 2 is 1.77 bits per heavy atom. The van der Waals surface area contributed by atoms with Crippen molar-refractivity contribution in [3.8, 4) is 0 Å². The first-order valence-corrected chi connectivity index (χ1v) is 11.1. The number of nitrogens with one attached hydrogen (secondary N) is 2. The number of nitrogens with zero attached hydrogens (tertiary/aromatic N) is 2. The maximum atomic E-state index is 10.7. The highest BCUT2D eigenvalue weighted by Crippen LogP contribution is 2.22. The Kier molecular flexibility index (Phi) is 7.94. The van der Waals surface area contributed by atoms with Crippen LogP contribution in [0.4, 0.5) is 0 Å². The summed E-state index contributed by atoms with van der Waals surface area (Å²) in [6.07, 6.45) is 4.00. The topological polar surface area (TPSA) is 73.0 Å². The van der Waals surface area contributed by atoms with Gasteiger partial charge in [0, 0.05) is 13.1 Å². The van der Waals surface area contributed by atoms with Crippen molar-refractivity contribution >= 4 is 5.96 Å². The van der Waals surface area contributed by atoms with E-state index in [9.17, 15) is 5.11 Å². The Hall–Kier alpha value is -2.31. The van der Waals surface area contributed by atoms with Crippen molar-refractivity contribution < 1.29 is 9.52 Å². The van der Waals surface area contributed by atoms with Gasteiger partial charge in [-0.05, 0) is 70.0 Å². The summed E-state index contributed by atoms with van der Waals surface area (Å²) in [6, 6.07) is 12.4. The van der Waals surface area contributed by atoms with E-state index in [1.807, 2.05) is 26.0 Å². The predicted molar refractivity (Wildman–Crippen MR) is 121 cm³/mol. The van der Waals surface area contributed by atoms with Crippen LogP contribution in [0, 0.1) is 6.92 Å². The van der Waals surface area contributed by atoms with Crippen molar-refractivity contribution in [3.63, 3.8) is 0 Å². The standard InChI is InChI=1S/C24H36N4O2/c1-4-25-23(27-18-24(3,29)22-13-8-19(2)30-22)26-16-20-9-11-21(12-10-20)17-28-14-6-5-7-15-28/h8-13,29H,4-7,14-18H2,1-3H3,(H2,25,26,27). The Balaban J connectivity index is 1.54. The first kappa shape index (κ1) is 22.4. The van der Waals surface area contributed by atoms with Gasteiger partial charge in [0.2, 0.25) is 0 Å². The zero-order valence-corrected chi connectivity index (χ0v) is 18.6. The number of likely N-dealkylation sites (tertiary alicyclic amines) is 1. The van der Waals surface area contributed by atoms with Gasteiger partial charge in [-0.3, -0.25) is 4.90 Å². The Morgan fingerprint density at radius 3 is 2.40 bits per heavy atom. The van der Waals surface area contributed by atoms with E-state index in [2.05, 4.69) is 44.8 Å². The molecule has 0 spiro atoms. The van der Waals surface area contributed by atoms with E-state index >= 15 is 0 Å². The lowest BCUT2D eigenvalue weighted by Crippen LogP contribution is -2.44. The molecule has 30 heavy (non-hydrogen) atoms. The highest BCUT2D eigenvalue weighted by molar-refractivity contribution is 5.79. The quantitative estimate of drug-likeness (QED) is 0.457. The van der Waals surface area contributed by atoms with Crippen molar-refractivity contribution in [2.24, 2.45) is 4.99 Å². The van der Waals surface area contributed by atoms with E-state index in [0.29, 0.717) is 24.8 Å². The minimum Gasteiger partial charge on any atom is -0.463 e. The zero-order chi connectivity index (χ0) is 21.4. The Labute approximate surface area is 180 Å². The van der Waals surface area contributed by atoms with Gasteiger partial charge in [-0.1, -0.05) is 30.7 Å². The summed E-state index contributed by atoms with van der Waals surface area (Å²) in [6.45, 7) is 10.7. The molecule has 1 fully saturated rings. The number of aliphatic imine (C=N–C) groups is 1. The number of piperidine rings is 1. The molecule has 1 aliphatic heterocycles. The third kappa shape index (κ3) is 6.61. The highest BCUT2D eigenvalue weighted by Gasteiger charge is 2.27. The van der Waals surface area contributed by atoms with Gasteiger partial charge in [-0.25, -0.2) is 4.99 Å². The normalized spacial score (nSPS) is 17.5. The van der Waals surface area contributed by atoms with Gasteiger partial charge >= 0.3 is 0 Å². The van der Waals surface area contributed by atoms with Gasteiger partial charge < -0.3 is 20.2 Å². The molecule has 164 valence electrons. The van der Waals surface area contributed by atoms with Crippen LogP contribution in [-0.4, -0.2) is 42.1 Å². The number of hydrogen-bond donors (Lipinski definition) is 3. The fourth-order valence-corrected chi connectivity index (χ4v) is 3.70. The molecule has 0 amide bonds. The fourth-order valence-electron chi connectivity index (χ4n) is 3.70. The molecule has 1 atom stereocenters. The SMILES string of the molecule is CCNC(=NCc1ccc(CN2CCCCC2)cc1)NCC(C)(O)c1ccc(C)o1. The lowest BCUT2D eigenvalue weighted by molar-refractivity contribution is 0.0378. The van der Waals surface area contributed by atoms with Crippen molar-refractivity contribution in [2.45, 2.75) is 58.7 Å². The number of benzene rings is 1. The molecule has 2 heterocycles. The second-order valence-electron chi connectivity index (χ2n) is 8.39. The van der Waals surface area contributed by atoms with Crippen molar-refractivity contribution in [1.29, 1.82) is 0 Å². The third-order valence-corrected chi connectivity index (χ3v) is 5.51. The molecule has 0 bridgehead atoms. The van der Waals surface area contributed by atoms with Crippen LogP contribution in [0.5, 0.6) is 0 Å². The molecule has 6 nitrogen and oxygen atoms in total. The predicted octanol–water partition coefficient (Wildman–Crippen LogP) is 3.54. The van der Waals surface area contributed by atoms with Crippen molar-refractivity contribution in [1.82, 2.24) is 15.5 Å². The molecule has 0 radical (unpaired) electrons. The number of rotatable bonds is 8. The molecule has 0 aliphatic carbocycles. The van der Waals surface area contributed by atoms with E-state index in [-0.39, 0.29) is 0 Å². The summed E-state index contributed by atoms with van der Waals surface area (Å²) in [5.41, 5.74) is 1.42. The van der Waals surface area contributed by atoms with Crippen LogP contribution in [0.15, 0.2) is 45.8 Å². The molecule has 0 saturated carbocycles. The molecular weight excluding hydrogens is 376 g/mol. The van der Waals surface area contributed by atoms with E-state index in [1.54, 1.807) is 6.92 Å². The van der Waals surface area contributed by atoms with Gasteiger partial charge in [-0.15, -0.1) is 0 Å². The highest BCUT2D eigenvalue weighted by atomic mass is 16.4. The molecule has 1 aromatic heterocycles. The van der Waals surface area contributed by atoms with Gasteiger partial charge in [0.1, 0.15) is 17.1 Å². The van der Waals surface area contributed by atoms with Crippen LogP contribution < -0.4 is 10.6 Å². The molecular formula is C24H36N4O2. The van der Waals surface area contributed by atoms with Crippen LogP contribution in [0.1, 0.15) is 55.8 Å². The maximum absolute atomic E-state index is 10.7. The monoisotopic (exact) mass is 412 g/mol. The van der Waals surface area contributed by atoms with Gasteiger partial charge in [0.25, 0.3) is 0 Å². The van der Waals surface area contributed by atoms with Crippen LogP contribution in [0.2, 0.25) is 0 Å². The second-order valence-corrected chi connectivity index (χ2v) is 8.39. The number of furan rings is 1. The van der Waals surface area contributed by atoms with Gasteiger partial charge in [0.05, 0.1) is 13.1 Å². The zero-order valence-electron chi connectivity index (χ0n) is 18.6. The van der Waals surface area contributed by atoms with E-state index in [0.717, 1.165) is 18.8 Å². The molecule has 3 rings (SSSR count). The Morgan fingerprint density at radius 1 is 1.07 bits per heavy atom. The number of aryl methyl sites for hydroxylation is 1. The van der Waals surface area contributed by atoms with Crippen molar-refractivity contribution in [2.75, 3.05) is 26.2 Å². The van der Waals surface area contributed by atoms with Crippen molar-refractivity contribution in [3.05, 3.63) is 59.0 Å². The van der Waals surface area contributed by atoms with Crippen LogP contribution in [0.3, 0.4) is 0 Å². The fraction of sp³-hybridized carbons (Fsp3) is 0.542. The smallest absolute Gasteiger partial charge is 0.191 e. The summed E-state index contributed by atoms with van der Waals surface area (Å²) in [5.74, 6) is 2.01. The lowest BCUT2D eigenvalue weighted by Gasteiger charge is -2.26. The average molecular weight is 413 g/mol. The third-order valence-electron chi connectivity index (χ3n) is 5.51. The first-order chi connectivity index (χ1) is 14.5. The lowest BCUT2D eigenvalue weighted by atomic mass is 10.0. The summed E-state index contributed by atoms with van der Waals surface area (Å²) >= 11 is 0. The van der Waals surface area contributed by atoms with Crippen LogP contribution >= 0.6 is 0 Å². The van der Waals surface area contributed by atoms with Crippen LogP contribution in [-0.2, 0) is 18.7 Å². The number of guanidine groups is 1. The minimum atomic E-state index is -1.11. The summed E-state index contributed by atoms with van der Waals surface area (Å²) in [5, 5.41) is 17.2. The average Bonchev–Trinajstić information content (AvgIpc) is 3.19. The van der Waals surface area contributed by atoms with E-state index in [1.165, 1.54) is 43.5 Å². The Bertz CT molecular complexity index is 805. The van der Waals surface area contributed by atoms with Gasteiger partial charge in [-0.2, -0.15) is 0 Å². The molecule has 1 unspecified atom stereocenters. The molecule has 1 aromatic carbocycles. The molecule has 2 aromatic rings.